The molecule has 6 nitrogen and oxygen atoms in total. The van der Waals surface area contributed by atoms with Crippen molar-refractivity contribution in [3.63, 3.8) is 0 Å². The Kier molecular flexibility index (Phi) is 6.52. The molecule has 0 fully saturated rings. The molecule has 0 saturated carbocycles. The van der Waals surface area contributed by atoms with E-state index in [0.717, 1.165) is 9.87 Å². The Balaban J connectivity index is 2.56. The zero-order chi connectivity index (χ0) is 19.5. The van der Waals surface area contributed by atoms with Gasteiger partial charge >= 0.3 is 0 Å². The smallest absolute Gasteiger partial charge is 0.266 e. The number of hydrogen-bond acceptors (Lipinski definition) is 4. The molecule has 2 aromatic carbocycles. The third kappa shape index (κ3) is 4.48. The Morgan fingerprint density at radius 3 is 2.31 bits per heavy atom. The number of nitrogens with two attached hydrogens (primary N) is 1. The van der Waals surface area contributed by atoms with Gasteiger partial charge in [-0.1, -0.05) is 49.2 Å². The molecular weight excluding hydrogens is 397 g/mol. The first-order chi connectivity index (χ1) is 12.2. The topological polar surface area (TPSA) is 92.5 Å². The number of anilines is 1. The molecule has 3 N–H and O–H groups in total. The van der Waals surface area contributed by atoms with Gasteiger partial charge in [-0.25, -0.2) is 14.3 Å². The van der Waals surface area contributed by atoms with Gasteiger partial charge in [-0.2, -0.15) is 0 Å². The first-order valence-electron chi connectivity index (χ1n) is 7.74. The fourth-order valence-electron chi connectivity index (χ4n) is 2.31. The van der Waals surface area contributed by atoms with Crippen molar-refractivity contribution >= 4 is 44.8 Å². The molecule has 26 heavy (non-hydrogen) atoms. The van der Waals surface area contributed by atoms with E-state index in [1.54, 1.807) is 12.1 Å². The van der Waals surface area contributed by atoms with Crippen LogP contribution < -0.4 is 15.6 Å². The van der Waals surface area contributed by atoms with Crippen LogP contribution in [0.2, 0.25) is 10.0 Å². The molecule has 0 radical (unpaired) electrons. The standard InChI is InChI=1S/C17H19Cl2N3O3S/c1-11(2)12-3-6-14(7-4-12)22(10-17(23)21-20)26(24,25)16-9-13(18)5-8-15(16)19/h3-9,11H,10,20H2,1-2H3,(H,21,23). The van der Waals surface area contributed by atoms with Crippen molar-refractivity contribution in [2.45, 2.75) is 24.7 Å². The van der Waals surface area contributed by atoms with Gasteiger partial charge in [-0.15, -0.1) is 0 Å². The van der Waals surface area contributed by atoms with E-state index < -0.39 is 22.5 Å². The minimum atomic E-state index is -4.14. The van der Waals surface area contributed by atoms with Gasteiger partial charge in [0.15, 0.2) is 0 Å². The maximum atomic E-state index is 13.1. The molecular formula is C17H19Cl2N3O3S. The molecule has 0 heterocycles. The molecule has 0 aliphatic heterocycles. The van der Waals surface area contributed by atoms with Crippen molar-refractivity contribution in [3.8, 4) is 0 Å². The highest BCUT2D eigenvalue weighted by Gasteiger charge is 2.29. The normalized spacial score (nSPS) is 11.5. The number of benzene rings is 2. The molecule has 2 rings (SSSR count). The number of hydrogen-bond donors (Lipinski definition) is 2. The van der Waals surface area contributed by atoms with Crippen LogP contribution in [0.25, 0.3) is 0 Å². The summed E-state index contributed by atoms with van der Waals surface area (Å²) in [5.41, 5.74) is 3.29. The van der Waals surface area contributed by atoms with Gasteiger partial charge in [0.1, 0.15) is 11.4 Å². The summed E-state index contributed by atoms with van der Waals surface area (Å²) in [6, 6.07) is 11.0. The molecule has 0 aromatic heterocycles. The minimum absolute atomic E-state index is 0.00589. The highest BCUT2D eigenvalue weighted by molar-refractivity contribution is 7.93. The second-order valence-electron chi connectivity index (χ2n) is 5.90. The van der Waals surface area contributed by atoms with Crippen molar-refractivity contribution < 1.29 is 13.2 Å². The highest BCUT2D eigenvalue weighted by Crippen LogP contribution is 2.31. The van der Waals surface area contributed by atoms with Gasteiger partial charge in [0.05, 0.1) is 10.7 Å². The van der Waals surface area contributed by atoms with E-state index in [9.17, 15) is 13.2 Å². The summed E-state index contributed by atoms with van der Waals surface area (Å²) in [5, 5.41) is 0.220. The molecule has 0 saturated heterocycles. The van der Waals surface area contributed by atoms with Crippen molar-refractivity contribution in [2.24, 2.45) is 5.84 Å². The van der Waals surface area contributed by atoms with Crippen LogP contribution in [-0.2, 0) is 14.8 Å². The number of nitrogens with zero attached hydrogens (tertiary/aromatic N) is 1. The number of carbonyl (C=O) groups excluding carboxylic acids is 1. The lowest BCUT2D eigenvalue weighted by Crippen LogP contribution is -2.43. The quantitative estimate of drug-likeness (QED) is 0.429. The SMILES string of the molecule is CC(C)c1ccc(N(CC(=O)NN)S(=O)(=O)c2cc(Cl)ccc2Cl)cc1. The molecule has 0 spiro atoms. The molecule has 0 unspecified atom stereocenters. The summed E-state index contributed by atoms with van der Waals surface area (Å²) in [7, 11) is -4.14. The Bertz CT molecular complexity index is 900. The molecule has 9 heteroatoms. The monoisotopic (exact) mass is 415 g/mol. The summed E-state index contributed by atoms with van der Waals surface area (Å²) in [6.07, 6.45) is 0. The number of sulfonamides is 1. The third-order valence-electron chi connectivity index (χ3n) is 3.76. The van der Waals surface area contributed by atoms with Gasteiger partial charge in [-0.3, -0.25) is 14.5 Å². The van der Waals surface area contributed by atoms with E-state index >= 15 is 0 Å². The zero-order valence-corrected chi connectivity index (χ0v) is 16.6. The Morgan fingerprint density at radius 1 is 1.15 bits per heavy atom. The van der Waals surface area contributed by atoms with Crippen LogP contribution in [0.5, 0.6) is 0 Å². The molecule has 1 amide bonds. The van der Waals surface area contributed by atoms with E-state index in [4.69, 9.17) is 29.0 Å². The highest BCUT2D eigenvalue weighted by atomic mass is 35.5. The Labute approximate surface area is 162 Å². The van der Waals surface area contributed by atoms with Crippen LogP contribution in [-0.4, -0.2) is 20.9 Å². The first kappa shape index (κ1) is 20.5. The molecule has 0 bridgehead atoms. The number of hydrazine groups is 1. The zero-order valence-electron chi connectivity index (χ0n) is 14.2. The number of carbonyl (C=O) groups is 1. The van der Waals surface area contributed by atoms with E-state index in [-0.39, 0.29) is 20.9 Å². The van der Waals surface area contributed by atoms with E-state index in [0.29, 0.717) is 5.69 Å². The van der Waals surface area contributed by atoms with Gasteiger partial charge in [0.25, 0.3) is 15.9 Å². The van der Waals surface area contributed by atoms with Crippen molar-refractivity contribution in [1.82, 2.24) is 5.43 Å². The predicted octanol–water partition coefficient (Wildman–Crippen LogP) is 3.30. The molecule has 140 valence electrons. The first-order valence-corrected chi connectivity index (χ1v) is 9.93. The molecule has 0 aliphatic carbocycles. The molecule has 0 aliphatic rings. The third-order valence-corrected chi connectivity index (χ3v) is 6.25. The second-order valence-corrected chi connectivity index (χ2v) is 8.57. The van der Waals surface area contributed by atoms with E-state index in [1.165, 1.54) is 18.2 Å². The van der Waals surface area contributed by atoms with Crippen molar-refractivity contribution in [1.29, 1.82) is 0 Å². The lowest BCUT2D eigenvalue weighted by atomic mass is 10.0. The van der Waals surface area contributed by atoms with Crippen molar-refractivity contribution in [3.05, 3.63) is 58.1 Å². The Morgan fingerprint density at radius 2 is 1.77 bits per heavy atom. The molecule has 0 atom stereocenters. The maximum Gasteiger partial charge on any atom is 0.266 e. The summed E-state index contributed by atoms with van der Waals surface area (Å²) >= 11 is 12.0. The number of rotatable bonds is 6. The minimum Gasteiger partial charge on any atom is -0.293 e. The average Bonchev–Trinajstić information content (AvgIpc) is 2.61. The summed E-state index contributed by atoms with van der Waals surface area (Å²) in [4.78, 5) is 11.6. The number of nitrogens with one attached hydrogen (secondary N) is 1. The van der Waals surface area contributed by atoms with Gasteiger partial charge in [0.2, 0.25) is 0 Å². The molecule has 2 aromatic rings. The lowest BCUT2D eigenvalue weighted by Gasteiger charge is -2.24. The summed E-state index contributed by atoms with van der Waals surface area (Å²) in [5.74, 6) is 4.74. The second kappa shape index (κ2) is 8.26. The van der Waals surface area contributed by atoms with Gasteiger partial charge in [0, 0.05) is 5.02 Å². The van der Waals surface area contributed by atoms with E-state index in [1.807, 2.05) is 31.4 Å². The van der Waals surface area contributed by atoms with Crippen LogP contribution in [0, 0.1) is 0 Å². The predicted molar refractivity (Wildman–Crippen MR) is 104 cm³/mol. The Hall–Kier alpha value is -1.80. The fourth-order valence-corrected chi connectivity index (χ4v) is 4.47. The van der Waals surface area contributed by atoms with Crippen molar-refractivity contribution in [2.75, 3.05) is 10.8 Å². The van der Waals surface area contributed by atoms with Crippen LogP contribution in [0.3, 0.4) is 0 Å². The summed E-state index contributed by atoms with van der Waals surface area (Å²) < 4.78 is 27.2. The largest absolute Gasteiger partial charge is 0.293 e. The lowest BCUT2D eigenvalue weighted by molar-refractivity contribution is -0.119. The van der Waals surface area contributed by atoms with Crippen LogP contribution in [0.15, 0.2) is 47.4 Å². The van der Waals surface area contributed by atoms with Gasteiger partial charge in [-0.05, 0) is 41.8 Å². The van der Waals surface area contributed by atoms with Crippen LogP contribution in [0.1, 0.15) is 25.3 Å². The average molecular weight is 416 g/mol. The number of amides is 1. The van der Waals surface area contributed by atoms with Crippen LogP contribution >= 0.6 is 23.2 Å². The summed E-state index contributed by atoms with van der Waals surface area (Å²) in [6.45, 7) is 3.55. The van der Waals surface area contributed by atoms with Gasteiger partial charge < -0.3 is 0 Å². The fraction of sp³-hybridized carbons (Fsp3) is 0.235. The number of halogens is 2. The van der Waals surface area contributed by atoms with E-state index in [2.05, 4.69) is 0 Å². The van der Waals surface area contributed by atoms with Crippen LogP contribution in [0.4, 0.5) is 5.69 Å². The maximum absolute atomic E-state index is 13.1.